The maximum absolute atomic E-state index is 12.5. The number of hydrogen-bond donors (Lipinski definition) is 3. The summed E-state index contributed by atoms with van der Waals surface area (Å²) in [6.07, 6.45) is 3.70. The van der Waals surface area contributed by atoms with Gasteiger partial charge < -0.3 is 25.6 Å². The van der Waals surface area contributed by atoms with Crippen LogP contribution in [0, 0.1) is 16.0 Å². The number of aromatic nitrogens is 1. The molecule has 2 atom stereocenters. The van der Waals surface area contributed by atoms with Crippen LogP contribution in [-0.2, 0) is 4.79 Å². The van der Waals surface area contributed by atoms with Gasteiger partial charge in [0.25, 0.3) is 5.91 Å². The van der Waals surface area contributed by atoms with E-state index in [1.165, 1.54) is 12.1 Å². The molecule has 9 nitrogen and oxygen atoms in total. The van der Waals surface area contributed by atoms with Crippen LogP contribution in [0.25, 0.3) is 0 Å². The Bertz CT molecular complexity index is 659. The first-order chi connectivity index (χ1) is 12.0. The third-order valence-electron chi connectivity index (χ3n) is 4.85. The van der Waals surface area contributed by atoms with Crippen molar-refractivity contribution in [3.8, 4) is 0 Å². The molecule has 0 radical (unpaired) electrons. The first-order valence-corrected chi connectivity index (χ1v) is 8.68. The van der Waals surface area contributed by atoms with Crippen LogP contribution in [0.3, 0.4) is 0 Å². The van der Waals surface area contributed by atoms with Crippen molar-refractivity contribution in [2.45, 2.75) is 31.7 Å². The summed E-state index contributed by atoms with van der Waals surface area (Å²) in [6, 6.07) is 2.64. The lowest BCUT2D eigenvalue weighted by Crippen LogP contribution is -2.46. The number of amides is 2. The topological polar surface area (TPSA) is 120 Å². The summed E-state index contributed by atoms with van der Waals surface area (Å²) in [5.74, 6) is -0.191. The molecule has 0 spiro atoms. The number of hydrogen-bond acceptors (Lipinski definition) is 5. The van der Waals surface area contributed by atoms with Crippen LogP contribution < -0.4 is 10.6 Å². The number of carbonyl (C=O) groups is 2. The smallest absolute Gasteiger partial charge is 0.321 e. The highest BCUT2D eigenvalue weighted by Gasteiger charge is 2.28. The van der Waals surface area contributed by atoms with Gasteiger partial charge in [0.1, 0.15) is 0 Å². The van der Waals surface area contributed by atoms with Crippen molar-refractivity contribution in [2.75, 3.05) is 26.2 Å². The zero-order valence-electron chi connectivity index (χ0n) is 14.4. The van der Waals surface area contributed by atoms with Gasteiger partial charge in [0, 0.05) is 25.7 Å². The van der Waals surface area contributed by atoms with E-state index in [-0.39, 0.29) is 47.7 Å². The minimum absolute atomic E-state index is 0. The fourth-order valence-corrected chi connectivity index (χ4v) is 3.48. The molecule has 2 saturated heterocycles. The van der Waals surface area contributed by atoms with Crippen LogP contribution in [-0.4, -0.2) is 58.8 Å². The van der Waals surface area contributed by atoms with Crippen molar-refractivity contribution in [3.05, 3.63) is 27.9 Å². The highest BCUT2D eigenvalue weighted by molar-refractivity contribution is 5.93. The zero-order chi connectivity index (χ0) is 17.8. The largest absolute Gasteiger partial charge is 0.358 e. The van der Waals surface area contributed by atoms with Crippen molar-refractivity contribution in [2.24, 2.45) is 5.92 Å². The average molecular weight is 386 g/mol. The van der Waals surface area contributed by atoms with Crippen molar-refractivity contribution >= 4 is 30.0 Å². The van der Waals surface area contributed by atoms with Crippen LogP contribution in [0.1, 0.15) is 36.2 Å². The Balaban J connectivity index is 0.00000243. The number of likely N-dealkylation sites (tertiary alicyclic amines) is 1. The van der Waals surface area contributed by atoms with Gasteiger partial charge in [-0.1, -0.05) is 0 Å². The molecule has 2 amide bonds. The van der Waals surface area contributed by atoms with E-state index in [0.717, 1.165) is 32.2 Å². The van der Waals surface area contributed by atoms with E-state index in [4.69, 9.17) is 0 Å². The first kappa shape index (κ1) is 20.2. The third kappa shape index (κ3) is 4.73. The van der Waals surface area contributed by atoms with Gasteiger partial charge in [0.15, 0.2) is 5.69 Å². The lowest BCUT2D eigenvalue weighted by atomic mass is 9.97. The Morgan fingerprint density at radius 1 is 1.31 bits per heavy atom. The van der Waals surface area contributed by atoms with Gasteiger partial charge in [-0.25, -0.2) is 4.98 Å². The molecule has 1 aromatic heterocycles. The maximum Gasteiger partial charge on any atom is 0.321 e. The third-order valence-corrected chi connectivity index (χ3v) is 4.85. The average Bonchev–Trinajstić information content (AvgIpc) is 3.30. The molecule has 0 aliphatic carbocycles. The summed E-state index contributed by atoms with van der Waals surface area (Å²) in [7, 11) is 0. The van der Waals surface area contributed by atoms with E-state index >= 15 is 0 Å². The Hall–Kier alpha value is -2.13. The number of rotatable bonds is 5. The molecular weight excluding hydrogens is 362 g/mol. The molecule has 2 aliphatic rings. The van der Waals surface area contributed by atoms with E-state index in [1.807, 2.05) is 0 Å². The standard InChI is InChI=1S/C16H23N5O4.ClH/c22-15(12-4-1-7-17-12)18-9-11-3-2-8-20(10-11)16(23)13-5-6-14(19-13)21(24)25;/h5-6,11-12,17,19H,1-4,7-10H2,(H,18,22);1H. The molecule has 1 aromatic rings. The van der Waals surface area contributed by atoms with Crippen molar-refractivity contribution < 1.29 is 14.5 Å². The van der Waals surface area contributed by atoms with Crippen molar-refractivity contribution in [3.63, 3.8) is 0 Å². The molecule has 2 fully saturated rings. The fourth-order valence-electron chi connectivity index (χ4n) is 3.48. The summed E-state index contributed by atoms with van der Waals surface area (Å²) in [6.45, 7) is 2.60. The molecule has 0 aromatic carbocycles. The molecule has 3 N–H and O–H groups in total. The number of nitrogens with zero attached hydrogens (tertiary/aromatic N) is 2. The van der Waals surface area contributed by atoms with Gasteiger partial charge >= 0.3 is 5.82 Å². The molecule has 0 bridgehead atoms. The maximum atomic E-state index is 12.5. The predicted octanol–water partition coefficient (Wildman–Crippen LogP) is 1.07. The molecule has 2 unspecified atom stereocenters. The summed E-state index contributed by atoms with van der Waals surface area (Å²) in [5.41, 5.74) is 0.228. The van der Waals surface area contributed by atoms with Crippen LogP contribution in [0.5, 0.6) is 0 Å². The van der Waals surface area contributed by atoms with Crippen LogP contribution in [0.4, 0.5) is 5.82 Å². The minimum Gasteiger partial charge on any atom is -0.358 e. The summed E-state index contributed by atoms with van der Waals surface area (Å²) < 4.78 is 0. The monoisotopic (exact) mass is 385 g/mol. The lowest BCUT2D eigenvalue weighted by molar-refractivity contribution is -0.389. The van der Waals surface area contributed by atoms with Gasteiger partial charge in [-0.05, 0) is 49.1 Å². The van der Waals surface area contributed by atoms with Crippen molar-refractivity contribution in [1.29, 1.82) is 0 Å². The van der Waals surface area contributed by atoms with Crippen LogP contribution in [0.2, 0.25) is 0 Å². The number of nitrogens with one attached hydrogen (secondary N) is 3. The van der Waals surface area contributed by atoms with Gasteiger partial charge in [-0.15, -0.1) is 12.4 Å². The number of aromatic amines is 1. The zero-order valence-corrected chi connectivity index (χ0v) is 15.2. The van der Waals surface area contributed by atoms with E-state index in [2.05, 4.69) is 15.6 Å². The van der Waals surface area contributed by atoms with Crippen LogP contribution in [0.15, 0.2) is 12.1 Å². The number of halogens is 1. The fraction of sp³-hybridized carbons (Fsp3) is 0.625. The van der Waals surface area contributed by atoms with Gasteiger partial charge in [-0.3, -0.25) is 9.59 Å². The SMILES string of the molecule is Cl.O=C(NCC1CCCN(C(=O)c2ccc([N+](=O)[O-])[nH]2)C1)C1CCCN1. The molecule has 10 heteroatoms. The quantitative estimate of drug-likeness (QED) is 0.517. The summed E-state index contributed by atoms with van der Waals surface area (Å²) in [4.78, 5) is 39.0. The lowest BCUT2D eigenvalue weighted by Gasteiger charge is -2.32. The van der Waals surface area contributed by atoms with Crippen molar-refractivity contribution in [1.82, 2.24) is 20.5 Å². The Kier molecular flexibility index (Phi) is 6.98. The highest BCUT2D eigenvalue weighted by Crippen LogP contribution is 2.19. The van der Waals surface area contributed by atoms with E-state index in [1.54, 1.807) is 4.90 Å². The van der Waals surface area contributed by atoms with E-state index in [9.17, 15) is 19.7 Å². The Morgan fingerprint density at radius 3 is 2.77 bits per heavy atom. The van der Waals surface area contributed by atoms with E-state index < -0.39 is 4.92 Å². The van der Waals surface area contributed by atoms with E-state index in [0.29, 0.717) is 19.6 Å². The second-order valence-corrected chi connectivity index (χ2v) is 6.67. The Morgan fingerprint density at radius 2 is 2.12 bits per heavy atom. The molecule has 26 heavy (non-hydrogen) atoms. The number of H-pyrrole nitrogens is 1. The van der Waals surface area contributed by atoms with Gasteiger partial charge in [-0.2, -0.15) is 0 Å². The number of piperidine rings is 1. The number of nitro groups is 1. The number of carbonyl (C=O) groups excluding carboxylic acids is 2. The minimum atomic E-state index is -0.553. The van der Waals surface area contributed by atoms with Gasteiger partial charge in [0.2, 0.25) is 5.91 Å². The molecule has 3 rings (SSSR count). The normalized spacial score (nSPS) is 22.5. The Labute approximate surface area is 157 Å². The molecule has 2 aliphatic heterocycles. The molecule has 0 saturated carbocycles. The second kappa shape index (κ2) is 9.00. The second-order valence-electron chi connectivity index (χ2n) is 6.67. The molecule has 3 heterocycles. The van der Waals surface area contributed by atoms with Crippen LogP contribution >= 0.6 is 12.4 Å². The molecule has 144 valence electrons. The first-order valence-electron chi connectivity index (χ1n) is 8.68. The molecular formula is C16H24ClN5O4. The van der Waals surface area contributed by atoms with Gasteiger partial charge in [0.05, 0.1) is 6.04 Å². The summed E-state index contributed by atoms with van der Waals surface area (Å²) in [5, 5.41) is 16.9. The highest BCUT2D eigenvalue weighted by atomic mass is 35.5. The predicted molar refractivity (Wildman–Crippen MR) is 97.4 cm³/mol. The summed E-state index contributed by atoms with van der Waals surface area (Å²) >= 11 is 0.